The van der Waals surface area contributed by atoms with Crippen molar-refractivity contribution in [2.45, 2.75) is 0 Å². The lowest BCUT2D eigenvalue weighted by Gasteiger charge is -2.02. The van der Waals surface area contributed by atoms with Crippen LogP contribution in [0.25, 0.3) is 0 Å². The van der Waals surface area contributed by atoms with Crippen molar-refractivity contribution >= 4 is 21.9 Å². The number of aliphatic hydroxyl groups is 1. The fraction of sp³-hybridized carbons (Fsp3) is 0.400. The second-order valence-corrected chi connectivity index (χ2v) is 5.35. The smallest absolute Gasteiger partial charge is 0.335 e. The van der Waals surface area contributed by atoms with E-state index in [1.807, 2.05) is 0 Å². The molecule has 0 aliphatic heterocycles. The van der Waals surface area contributed by atoms with Gasteiger partial charge in [-0.2, -0.15) is 12.7 Å². The lowest BCUT2D eigenvalue weighted by Crippen LogP contribution is -2.20. The molecule has 8 heteroatoms. The van der Waals surface area contributed by atoms with Crippen molar-refractivity contribution < 1.29 is 22.8 Å². The molecule has 0 aromatic heterocycles. The van der Waals surface area contributed by atoms with Gasteiger partial charge in [0.2, 0.25) is 0 Å². The van der Waals surface area contributed by atoms with E-state index in [2.05, 4.69) is 0 Å². The van der Waals surface area contributed by atoms with Gasteiger partial charge in [-0.3, -0.25) is 4.55 Å². The Kier molecular flexibility index (Phi) is 7.88. The largest absolute Gasteiger partial charge is 0.491 e. The maximum absolute atomic E-state index is 9.81. The number of hydrogen-bond donors (Lipinski definition) is 2. The standard InChI is InChI=1S/C8H9ClO2.C2H7NO3S/c9-7-1-3-8(4-2-7)11-6-5-10;1-3(2)7(4,5)6/h1-4,10H,5-6H2;1-2H3,(H,4,5,6). The molecule has 0 unspecified atom stereocenters. The Morgan fingerprint density at radius 2 is 1.72 bits per heavy atom. The van der Waals surface area contributed by atoms with Gasteiger partial charge in [-0.05, 0) is 24.3 Å². The number of rotatable bonds is 4. The molecular weight excluding hydrogens is 282 g/mol. The van der Waals surface area contributed by atoms with Crippen LogP contribution in [0, 0.1) is 0 Å². The van der Waals surface area contributed by atoms with E-state index in [1.54, 1.807) is 24.3 Å². The van der Waals surface area contributed by atoms with Gasteiger partial charge in [0, 0.05) is 19.1 Å². The fourth-order valence-corrected chi connectivity index (χ4v) is 0.820. The highest BCUT2D eigenvalue weighted by molar-refractivity contribution is 7.83. The van der Waals surface area contributed by atoms with Crippen LogP contribution < -0.4 is 4.74 Å². The van der Waals surface area contributed by atoms with Gasteiger partial charge in [0.1, 0.15) is 12.4 Å². The number of nitrogens with zero attached hydrogens (tertiary/aromatic N) is 1. The molecule has 2 N–H and O–H groups in total. The molecular formula is C10H16ClNO5S. The van der Waals surface area contributed by atoms with Crippen molar-refractivity contribution in [3.63, 3.8) is 0 Å². The summed E-state index contributed by atoms with van der Waals surface area (Å²) in [5.74, 6) is 0.725. The molecule has 0 spiro atoms. The monoisotopic (exact) mass is 297 g/mol. The van der Waals surface area contributed by atoms with Crippen molar-refractivity contribution in [3.05, 3.63) is 29.3 Å². The highest BCUT2D eigenvalue weighted by atomic mass is 35.5. The van der Waals surface area contributed by atoms with Gasteiger partial charge in [0.25, 0.3) is 0 Å². The van der Waals surface area contributed by atoms with Crippen LogP contribution in [0.5, 0.6) is 5.75 Å². The zero-order valence-corrected chi connectivity index (χ0v) is 11.6. The molecule has 0 bridgehead atoms. The van der Waals surface area contributed by atoms with Crippen LogP contribution in [0.3, 0.4) is 0 Å². The molecule has 1 rings (SSSR count). The molecule has 0 amide bonds. The number of halogens is 1. The Hall–Kier alpha value is -0.860. The highest BCUT2D eigenvalue weighted by Gasteiger charge is 2.04. The Balaban J connectivity index is 0.000000360. The zero-order chi connectivity index (χ0) is 14.2. The molecule has 18 heavy (non-hydrogen) atoms. The molecule has 0 aliphatic carbocycles. The van der Waals surface area contributed by atoms with Crippen molar-refractivity contribution in [1.29, 1.82) is 0 Å². The van der Waals surface area contributed by atoms with Crippen LogP contribution in [-0.2, 0) is 10.3 Å². The normalized spacial score (nSPS) is 10.8. The van der Waals surface area contributed by atoms with Gasteiger partial charge in [0.15, 0.2) is 0 Å². The Morgan fingerprint density at radius 3 is 2.06 bits per heavy atom. The van der Waals surface area contributed by atoms with Crippen LogP contribution in [0.1, 0.15) is 0 Å². The van der Waals surface area contributed by atoms with E-state index in [-0.39, 0.29) is 6.61 Å². The number of benzene rings is 1. The molecule has 0 heterocycles. The van der Waals surface area contributed by atoms with Crippen LogP contribution in [0.2, 0.25) is 5.02 Å². The average Bonchev–Trinajstić information content (AvgIpc) is 2.28. The predicted octanol–water partition coefficient (Wildman–Crippen LogP) is 1.06. The van der Waals surface area contributed by atoms with Crippen molar-refractivity contribution in [3.8, 4) is 5.75 Å². The summed E-state index contributed by atoms with van der Waals surface area (Å²) in [7, 11) is -1.42. The van der Waals surface area contributed by atoms with Crippen LogP contribution in [0.4, 0.5) is 0 Å². The summed E-state index contributed by atoms with van der Waals surface area (Å²) in [6, 6.07) is 7.01. The minimum absolute atomic E-state index is 0.0304. The lowest BCUT2D eigenvalue weighted by atomic mass is 10.3. The molecule has 0 saturated heterocycles. The van der Waals surface area contributed by atoms with Crippen LogP contribution >= 0.6 is 11.6 Å². The van der Waals surface area contributed by atoms with Crippen LogP contribution in [0.15, 0.2) is 24.3 Å². The quantitative estimate of drug-likeness (QED) is 0.812. The lowest BCUT2D eigenvalue weighted by molar-refractivity contribution is 0.201. The van der Waals surface area contributed by atoms with Gasteiger partial charge in [-0.1, -0.05) is 11.6 Å². The van der Waals surface area contributed by atoms with Crippen molar-refractivity contribution in [1.82, 2.24) is 4.31 Å². The summed E-state index contributed by atoms with van der Waals surface area (Å²) >= 11 is 5.64. The molecule has 104 valence electrons. The minimum Gasteiger partial charge on any atom is -0.491 e. The van der Waals surface area contributed by atoms with Crippen LogP contribution in [-0.4, -0.2) is 49.7 Å². The summed E-state index contributed by atoms with van der Waals surface area (Å²) in [6.07, 6.45) is 0. The second kappa shape index (κ2) is 8.28. The Bertz CT molecular complexity index is 432. The molecule has 6 nitrogen and oxygen atoms in total. The first-order valence-electron chi connectivity index (χ1n) is 4.91. The van der Waals surface area contributed by atoms with E-state index in [0.29, 0.717) is 15.9 Å². The van der Waals surface area contributed by atoms with Crippen molar-refractivity contribution in [2.75, 3.05) is 27.3 Å². The van der Waals surface area contributed by atoms with Gasteiger partial charge in [-0.25, -0.2) is 0 Å². The predicted molar refractivity (Wildman–Crippen MR) is 69.3 cm³/mol. The number of ether oxygens (including phenoxy) is 1. The average molecular weight is 298 g/mol. The maximum atomic E-state index is 9.81. The van der Waals surface area contributed by atoms with E-state index < -0.39 is 10.3 Å². The van der Waals surface area contributed by atoms with Gasteiger partial charge in [-0.15, -0.1) is 0 Å². The summed E-state index contributed by atoms with van der Waals surface area (Å²) in [4.78, 5) is 0. The third-order valence-electron chi connectivity index (χ3n) is 1.64. The minimum atomic E-state index is -3.91. The number of hydrogen-bond acceptors (Lipinski definition) is 4. The van der Waals surface area contributed by atoms with Gasteiger partial charge < -0.3 is 9.84 Å². The molecule has 0 atom stereocenters. The molecule has 0 radical (unpaired) electrons. The van der Waals surface area contributed by atoms with Gasteiger partial charge in [0.05, 0.1) is 6.61 Å². The molecule has 1 aromatic carbocycles. The molecule has 0 fully saturated rings. The molecule has 0 aliphatic rings. The first-order valence-corrected chi connectivity index (χ1v) is 6.69. The highest BCUT2D eigenvalue weighted by Crippen LogP contribution is 2.14. The fourth-order valence-electron chi connectivity index (χ4n) is 0.694. The van der Waals surface area contributed by atoms with Crippen molar-refractivity contribution in [2.24, 2.45) is 0 Å². The maximum Gasteiger partial charge on any atom is 0.335 e. The third-order valence-corrected chi connectivity index (χ3v) is 2.81. The molecule has 0 saturated carbocycles. The van der Waals surface area contributed by atoms with E-state index in [0.717, 1.165) is 5.75 Å². The second-order valence-electron chi connectivity index (χ2n) is 3.29. The first kappa shape index (κ1) is 17.1. The summed E-state index contributed by atoms with van der Waals surface area (Å²) in [5, 5.41) is 9.11. The molecule has 1 aromatic rings. The van der Waals surface area contributed by atoms with E-state index >= 15 is 0 Å². The van der Waals surface area contributed by atoms with Gasteiger partial charge >= 0.3 is 10.3 Å². The zero-order valence-electron chi connectivity index (χ0n) is 10.1. The van der Waals surface area contributed by atoms with E-state index in [9.17, 15) is 8.42 Å². The summed E-state index contributed by atoms with van der Waals surface area (Å²) in [6.45, 7) is 0.351. The number of aliphatic hydroxyl groups excluding tert-OH is 1. The topological polar surface area (TPSA) is 87.1 Å². The first-order chi connectivity index (χ1) is 8.27. The van der Waals surface area contributed by atoms with E-state index in [4.69, 9.17) is 26.0 Å². The third kappa shape index (κ3) is 8.26. The summed E-state index contributed by atoms with van der Waals surface area (Å²) < 4.78 is 33.4. The van der Waals surface area contributed by atoms with E-state index in [1.165, 1.54) is 14.1 Å². The SMILES string of the molecule is CN(C)S(=O)(=O)O.OCCOc1ccc(Cl)cc1. The summed E-state index contributed by atoms with van der Waals surface area (Å²) in [5.41, 5.74) is 0. The Morgan fingerprint density at radius 1 is 1.28 bits per heavy atom. The Labute approximate surface area is 112 Å².